The van der Waals surface area contributed by atoms with Gasteiger partial charge in [-0.1, -0.05) is 30.0 Å². The van der Waals surface area contributed by atoms with E-state index >= 15 is 0 Å². The minimum Gasteiger partial charge on any atom is -0.460 e. The number of carbonyl (C=O) groups is 1. The van der Waals surface area contributed by atoms with Crippen LogP contribution < -0.4 is 4.90 Å². The highest BCUT2D eigenvalue weighted by molar-refractivity contribution is 7.98. The molecule has 1 aliphatic heterocycles. The molecule has 9 heteroatoms. The number of hydrogen-bond donors (Lipinski definition) is 0. The van der Waals surface area contributed by atoms with Crippen LogP contribution in [-0.2, 0) is 15.2 Å². The molecule has 0 radical (unpaired) electrons. The van der Waals surface area contributed by atoms with Crippen LogP contribution in [0.25, 0.3) is 11.0 Å². The molecule has 0 amide bonds. The van der Waals surface area contributed by atoms with Gasteiger partial charge in [-0.3, -0.25) is 4.57 Å². The van der Waals surface area contributed by atoms with Crippen LogP contribution in [0.4, 0.5) is 5.95 Å². The second kappa shape index (κ2) is 8.31. The smallest absolute Gasteiger partial charge is 0.374 e. The van der Waals surface area contributed by atoms with E-state index in [1.165, 1.54) is 0 Å². The maximum absolute atomic E-state index is 12.5. The molecule has 3 aromatic rings. The Balaban J connectivity index is 1.44. The summed E-state index contributed by atoms with van der Waals surface area (Å²) in [6.07, 6.45) is 2.29. The Morgan fingerprint density at radius 2 is 2.03 bits per heavy atom. The molecule has 2 aromatic heterocycles. The summed E-state index contributed by atoms with van der Waals surface area (Å²) in [6.45, 7) is 5.18. The summed E-state index contributed by atoms with van der Waals surface area (Å²) in [6, 6.07) is 8.14. The molecule has 3 heterocycles. The Bertz CT molecular complexity index is 1050. The van der Waals surface area contributed by atoms with Gasteiger partial charge in [0.05, 0.1) is 19.8 Å². The summed E-state index contributed by atoms with van der Waals surface area (Å²) in [5, 5.41) is 10.8. The van der Waals surface area contributed by atoms with E-state index in [9.17, 15) is 4.79 Å². The number of benzene rings is 1. The zero-order chi connectivity index (χ0) is 20.5. The van der Waals surface area contributed by atoms with E-state index in [0.717, 1.165) is 48.0 Å². The highest BCUT2D eigenvalue weighted by atomic mass is 32.2. The predicted molar refractivity (Wildman–Crippen MR) is 113 cm³/mol. The normalized spacial score (nSPS) is 16.9. The highest BCUT2D eigenvalue weighted by Gasteiger charge is 2.32. The Kier molecular flexibility index (Phi) is 5.39. The lowest BCUT2D eigenvalue weighted by Crippen LogP contribution is -2.38. The molecule has 1 aliphatic carbocycles. The standard InChI is InChI=1S/C21H24N4O4S/c1-2-28-19(26)18-16(15-5-3-4-6-17(15)29-18)13-30-21-23-22-20(25(21)14-7-8-14)24-9-11-27-12-10-24/h3-6,14H,2,7-13H2,1H3. The number of ether oxygens (including phenoxy) is 2. The molecule has 1 aromatic carbocycles. The van der Waals surface area contributed by atoms with E-state index in [1.54, 1.807) is 18.7 Å². The molecule has 2 fully saturated rings. The van der Waals surface area contributed by atoms with Crippen LogP contribution in [-0.4, -0.2) is 53.6 Å². The number of thioether (sulfide) groups is 1. The van der Waals surface area contributed by atoms with Gasteiger partial charge in [0.25, 0.3) is 0 Å². The average molecular weight is 429 g/mol. The summed E-state index contributed by atoms with van der Waals surface area (Å²) in [4.78, 5) is 14.7. The van der Waals surface area contributed by atoms with Crippen molar-refractivity contribution in [2.24, 2.45) is 0 Å². The molecule has 158 valence electrons. The van der Waals surface area contributed by atoms with E-state index in [-0.39, 0.29) is 5.76 Å². The lowest BCUT2D eigenvalue weighted by Gasteiger charge is -2.27. The molecule has 0 spiro atoms. The van der Waals surface area contributed by atoms with Gasteiger partial charge in [-0.2, -0.15) is 0 Å². The van der Waals surface area contributed by atoms with Crippen LogP contribution in [0.15, 0.2) is 33.8 Å². The SMILES string of the molecule is CCOC(=O)c1oc2ccccc2c1CSc1nnc(N2CCOCC2)n1C1CC1. The van der Waals surface area contributed by atoms with Crippen molar-refractivity contribution >= 4 is 34.6 Å². The van der Waals surface area contributed by atoms with E-state index in [4.69, 9.17) is 13.9 Å². The van der Waals surface area contributed by atoms with Crippen LogP contribution in [0, 0.1) is 0 Å². The number of nitrogens with zero attached hydrogens (tertiary/aromatic N) is 4. The van der Waals surface area contributed by atoms with Crippen molar-refractivity contribution in [3.63, 3.8) is 0 Å². The molecule has 0 bridgehead atoms. The van der Waals surface area contributed by atoms with Crippen LogP contribution in [0.5, 0.6) is 0 Å². The van der Waals surface area contributed by atoms with Crippen molar-refractivity contribution in [2.75, 3.05) is 37.8 Å². The Labute approximate surface area is 178 Å². The monoisotopic (exact) mass is 428 g/mol. The molecular weight excluding hydrogens is 404 g/mol. The summed E-state index contributed by atoms with van der Waals surface area (Å²) >= 11 is 1.59. The van der Waals surface area contributed by atoms with Gasteiger partial charge in [0, 0.05) is 35.8 Å². The summed E-state index contributed by atoms with van der Waals surface area (Å²) in [7, 11) is 0. The lowest BCUT2D eigenvalue weighted by molar-refractivity contribution is 0.0491. The van der Waals surface area contributed by atoms with Gasteiger partial charge >= 0.3 is 5.97 Å². The van der Waals surface area contributed by atoms with Crippen LogP contribution >= 0.6 is 11.8 Å². The number of hydrogen-bond acceptors (Lipinski definition) is 8. The van der Waals surface area contributed by atoms with Crippen LogP contribution in [0.2, 0.25) is 0 Å². The predicted octanol–water partition coefficient (Wildman–Crippen LogP) is 3.66. The second-order valence-corrected chi connectivity index (χ2v) is 8.34. The third kappa shape index (κ3) is 3.67. The van der Waals surface area contributed by atoms with Gasteiger partial charge in [0.2, 0.25) is 11.7 Å². The third-order valence-corrected chi connectivity index (χ3v) is 6.33. The zero-order valence-corrected chi connectivity index (χ0v) is 17.7. The summed E-state index contributed by atoms with van der Waals surface area (Å²) < 4.78 is 18.8. The first-order chi connectivity index (χ1) is 14.8. The molecule has 0 atom stereocenters. The average Bonchev–Trinajstić information content (AvgIpc) is 3.42. The summed E-state index contributed by atoms with van der Waals surface area (Å²) in [5.74, 6) is 1.32. The maximum atomic E-state index is 12.5. The van der Waals surface area contributed by atoms with E-state index in [0.29, 0.717) is 37.2 Å². The molecule has 1 saturated carbocycles. The zero-order valence-electron chi connectivity index (χ0n) is 16.9. The van der Waals surface area contributed by atoms with E-state index in [1.807, 2.05) is 24.3 Å². The molecule has 8 nitrogen and oxygen atoms in total. The largest absolute Gasteiger partial charge is 0.460 e. The topological polar surface area (TPSA) is 82.6 Å². The van der Waals surface area contributed by atoms with E-state index in [2.05, 4.69) is 19.7 Å². The van der Waals surface area contributed by atoms with Gasteiger partial charge in [0.1, 0.15) is 5.58 Å². The van der Waals surface area contributed by atoms with Gasteiger partial charge in [-0.05, 0) is 25.8 Å². The molecule has 0 unspecified atom stereocenters. The maximum Gasteiger partial charge on any atom is 0.374 e. The molecule has 0 N–H and O–H groups in total. The number of morpholine rings is 1. The van der Waals surface area contributed by atoms with Gasteiger partial charge in [0.15, 0.2) is 5.16 Å². The Morgan fingerprint density at radius 3 is 2.80 bits per heavy atom. The van der Waals surface area contributed by atoms with Crippen molar-refractivity contribution < 1.29 is 18.7 Å². The fourth-order valence-corrected chi connectivity index (χ4v) is 4.77. The molecule has 30 heavy (non-hydrogen) atoms. The third-order valence-electron chi connectivity index (χ3n) is 5.36. The second-order valence-electron chi connectivity index (χ2n) is 7.40. The number of carbonyl (C=O) groups excluding carboxylic acids is 1. The fourth-order valence-electron chi connectivity index (χ4n) is 3.74. The number of para-hydroxylation sites is 1. The first-order valence-electron chi connectivity index (χ1n) is 10.3. The van der Waals surface area contributed by atoms with Gasteiger partial charge in [-0.15, -0.1) is 10.2 Å². The fraction of sp³-hybridized carbons (Fsp3) is 0.476. The number of esters is 1. The number of rotatable bonds is 7. The lowest BCUT2D eigenvalue weighted by atomic mass is 10.1. The van der Waals surface area contributed by atoms with E-state index < -0.39 is 5.97 Å². The quantitative estimate of drug-likeness (QED) is 0.416. The van der Waals surface area contributed by atoms with Gasteiger partial charge < -0.3 is 18.8 Å². The number of fused-ring (bicyclic) bond motifs is 1. The highest BCUT2D eigenvalue weighted by Crippen LogP contribution is 2.42. The minimum absolute atomic E-state index is 0.274. The Hall–Kier alpha value is -2.52. The number of aromatic nitrogens is 3. The molecule has 1 saturated heterocycles. The van der Waals surface area contributed by atoms with Crippen molar-refractivity contribution in [2.45, 2.75) is 36.7 Å². The molecule has 5 rings (SSSR count). The Morgan fingerprint density at radius 1 is 1.23 bits per heavy atom. The molecular formula is C21H24N4O4S. The van der Waals surface area contributed by atoms with Crippen LogP contribution in [0.3, 0.4) is 0 Å². The van der Waals surface area contributed by atoms with Crippen molar-refractivity contribution in [1.82, 2.24) is 14.8 Å². The number of anilines is 1. The minimum atomic E-state index is -0.429. The number of furan rings is 1. The molecule has 2 aliphatic rings. The van der Waals surface area contributed by atoms with Crippen molar-refractivity contribution in [3.8, 4) is 0 Å². The van der Waals surface area contributed by atoms with Gasteiger partial charge in [-0.25, -0.2) is 4.79 Å². The first-order valence-corrected chi connectivity index (χ1v) is 11.3. The van der Waals surface area contributed by atoms with Crippen LogP contribution in [0.1, 0.15) is 41.9 Å². The van der Waals surface area contributed by atoms with Crippen molar-refractivity contribution in [3.05, 3.63) is 35.6 Å². The first kappa shape index (κ1) is 19.4. The van der Waals surface area contributed by atoms with Crippen molar-refractivity contribution in [1.29, 1.82) is 0 Å². The summed E-state index contributed by atoms with van der Waals surface area (Å²) in [5.41, 5.74) is 1.53.